The highest BCUT2D eigenvalue weighted by molar-refractivity contribution is 7.89. The van der Waals surface area contributed by atoms with Gasteiger partial charge in [-0.15, -0.1) is 0 Å². The number of H-pyrrole nitrogens is 2. The Morgan fingerprint density at radius 2 is 1.65 bits per heavy atom. The first kappa shape index (κ1) is 21.3. The van der Waals surface area contributed by atoms with Crippen molar-refractivity contribution in [3.63, 3.8) is 0 Å². The molecule has 1 saturated heterocycles. The fourth-order valence-electron chi connectivity index (χ4n) is 3.84. The zero-order valence-electron chi connectivity index (χ0n) is 17.4. The SMILES string of the molecule is Cc1cccc(C)c1NC(=O)CN1CCN(S(=O)(=O)c2ccc3[nH]c(=O)[nH]c3c2)CC1. The first-order valence-corrected chi connectivity index (χ1v) is 11.5. The minimum absolute atomic E-state index is 0.115. The Labute approximate surface area is 180 Å². The lowest BCUT2D eigenvalue weighted by Gasteiger charge is -2.33. The van der Waals surface area contributed by atoms with Crippen LogP contribution in [0.5, 0.6) is 0 Å². The summed E-state index contributed by atoms with van der Waals surface area (Å²) in [6.07, 6.45) is 0. The van der Waals surface area contributed by atoms with Crippen LogP contribution in [0.15, 0.2) is 46.1 Å². The van der Waals surface area contributed by atoms with Crippen molar-refractivity contribution in [2.45, 2.75) is 18.7 Å². The van der Waals surface area contributed by atoms with Gasteiger partial charge in [-0.3, -0.25) is 9.69 Å². The molecule has 2 heterocycles. The minimum atomic E-state index is -3.69. The Hall–Kier alpha value is -2.95. The monoisotopic (exact) mass is 443 g/mol. The molecule has 0 saturated carbocycles. The van der Waals surface area contributed by atoms with Crippen molar-refractivity contribution in [1.29, 1.82) is 0 Å². The van der Waals surface area contributed by atoms with Crippen LogP contribution >= 0.6 is 0 Å². The molecular weight excluding hydrogens is 418 g/mol. The second-order valence-corrected chi connectivity index (χ2v) is 9.72. The van der Waals surface area contributed by atoms with Gasteiger partial charge in [-0.05, 0) is 43.2 Å². The van der Waals surface area contributed by atoms with Gasteiger partial charge in [-0.1, -0.05) is 18.2 Å². The average Bonchev–Trinajstić information content (AvgIpc) is 3.10. The van der Waals surface area contributed by atoms with Crippen molar-refractivity contribution in [3.05, 3.63) is 58.0 Å². The Kier molecular flexibility index (Phi) is 5.69. The lowest BCUT2D eigenvalue weighted by molar-refractivity contribution is -0.117. The van der Waals surface area contributed by atoms with Gasteiger partial charge < -0.3 is 15.3 Å². The summed E-state index contributed by atoms with van der Waals surface area (Å²) in [6.45, 7) is 5.62. The molecule has 3 aromatic rings. The number of nitrogens with one attached hydrogen (secondary N) is 3. The van der Waals surface area contributed by atoms with Crippen LogP contribution in [0.1, 0.15) is 11.1 Å². The Morgan fingerprint density at radius 3 is 2.32 bits per heavy atom. The third-order valence-corrected chi connectivity index (χ3v) is 7.46. The normalized spacial score (nSPS) is 15.9. The third-order valence-electron chi connectivity index (χ3n) is 5.57. The highest BCUT2D eigenvalue weighted by Crippen LogP contribution is 2.21. The standard InChI is InChI=1S/C21H25N5O4S/c1-14-4-3-5-15(2)20(14)24-19(27)13-25-8-10-26(11-9-25)31(29,30)16-6-7-17-18(12-16)23-21(28)22-17/h3-7,12H,8-11,13H2,1-2H3,(H,24,27)(H2,22,23,28). The van der Waals surface area contributed by atoms with Crippen LogP contribution in [0.25, 0.3) is 11.0 Å². The summed E-state index contributed by atoms with van der Waals surface area (Å²) < 4.78 is 27.4. The van der Waals surface area contributed by atoms with E-state index in [2.05, 4.69) is 15.3 Å². The number of hydrogen-bond donors (Lipinski definition) is 3. The zero-order chi connectivity index (χ0) is 22.2. The molecule has 31 heavy (non-hydrogen) atoms. The number of carbonyl (C=O) groups excluding carboxylic acids is 1. The number of benzene rings is 2. The van der Waals surface area contributed by atoms with E-state index in [1.54, 1.807) is 6.07 Å². The van der Waals surface area contributed by atoms with E-state index in [4.69, 9.17) is 0 Å². The maximum Gasteiger partial charge on any atom is 0.323 e. The number of aromatic nitrogens is 2. The molecule has 1 fully saturated rings. The van der Waals surface area contributed by atoms with Gasteiger partial charge in [0.2, 0.25) is 15.9 Å². The summed E-state index contributed by atoms with van der Waals surface area (Å²) in [5.74, 6) is -0.115. The van der Waals surface area contributed by atoms with Gasteiger partial charge in [0.15, 0.2) is 0 Å². The van der Waals surface area contributed by atoms with Gasteiger partial charge in [0, 0.05) is 31.9 Å². The first-order valence-electron chi connectivity index (χ1n) is 10.0. The predicted molar refractivity (Wildman–Crippen MR) is 119 cm³/mol. The van der Waals surface area contributed by atoms with Crippen LogP contribution in [0.3, 0.4) is 0 Å². The highest BCUT2D eigenvalue weighted by atomic mass is 32.2. The van der Waals surface area contributed by atoms with E-state index in [9.17, 15) is 18.0 Å². The molecular formula is C21H25N5O4S. The second-order valence-electron chi connectivity index (χ2n) is 7.78. The molecule has 1 aliphatic rings. The molecule has 4 rings (SSSR count). The van der Waals surface area contributed by atoms with E-state index < -0.39 is 10.0 Å². The molecule has 3 N–H and O–H groups in total. The number of amides is 1. The smallest absolute Gasteiger partial charge is 0.323 e. The van der Waals surface area contributed by atoms with Crippen LogP contribution in [0.2, 0.25) is 0 Å². The molecule has 0 radical (unpaired) electrons. The third kappa shape index (κ3) is 4.41. The second kappa shape index (κ2) is 8.29. The number of para-hydroxylation sites is 1. The van der Waals surface area contributed by atoms with Gasteiger partial charge in [0.1, 0.15) is 0 Å². The number of sulfonamides is 1. The molecule has 2 aromatic carbocycles. The van der Waals surface area contributed by atoms with E-state index in [1.165, 1.54) is 16.4 Å². The number of fused-ring (bicyclic) bond motifs is 1. The molecule has 1 aliphatic heterocycles. The molecule has 0 aliphatic carbocycles. The molecule has 0 bridgehead atoms. The van der Waals surface area contributed by atoms with Crippen molar-refractivity contribution >= 4 is 32.7 Å². The van der Waals surface area contributed by atoms with Crippen LogP contribution in [0.4, 0.5) is 5.69 Å². The van der Waals surface area contributed by atoms with Gasteiger partial charge in [-0.2, -0.15) is 4.31 Å². The van der Waals surface area contributed by atoms with E-state index in [0.29, 0.717) is 37.2 Å². The van der Waals surface area contributed by atoms with Crippen LogP contribution in [0, 0.1) is 13.8 Å². The molecule has 10 heteroatoms. The van der Waals surface area contributed by atoms with Crippen LogP contribution < -0.4 is 11.0 Å². The molecule has 0 spiro atoms. The number of anilines is 1. The number of imidazole rings is 1. The van der Waals surface area contributed by atoms with E-state index in [1.807, 2.05) is 36.9 Å². The fraction of sp³-hybridized carbons (Fsp3) is 0.333. The number of carbonyl (C=O) groups is 1. The number of aromatic amines is 2. The summed E-state index contributed by atoms with van der Waals surface area (Å²) >= 11 is 0. The van der Waals surface area contributed by atoms with Crippen molar-refractivity contribution in [3.8, 4) is 0 Å². The highest BCUT2D eigenvalue weighted by Gasteiger charge is 2.29. The summed E-state index contributed by atoms with van der Waals surface area (Å²) in [5.41, 5.74) is 3.47. The van der Waals surface area contributed by atoms with Crippen molar-refractivity contribution in [2.75, 3.05) is 38.0 Å². The van der Waals surface area contributed by atoms with Gasteiger partial charge in [-0.25, -0.2) is 13.2 Å². The summed E-state index contributed by atoms with van der Waals surface area (Å²) in [4.78, 5) is 31.2. The van der Waals surface area contributed by atoms with Crippen molar-refractivity contribution < 1.29 is 13.2 Å². The lowest BCUT2D eigenvalue weighted by atomic mass is 10.1. The number of rotatable bonds is 5. The molecule has 1 amide bonds. The average molecular weight is 444 g/mol. The minimum Gasteiger partial charge on any atom is -0.324 e. The maximum absolute atomic E-state index is 13.0. The molecule has 0 atom stereocenters. The number of piperazine rings is 1. The zero-order valence-corrected chi connectivity index (χ0v) is 18.3. The topological polar surface area (TPSA) is 118 Å². The molecule has 0 unspecified atom stereocenters. The summed E-state index contributed by atoms with van der Waals surface area (Å²) in [6, 6.07) is 10.4. The first-order chi connectivity index (χ1) is 14.7. The fourth-order valence-corrected chi connectivity index (χ4v) is 5.29. The number of nitrogens with zero attached hydrogens (tertiary/aromatic N) is 2. The number of aryl methyl sites for hydroxylation is 2. The van der Waals surface area contributed by atoms with Gasteiger partial charge in [0.25, 0.3) is 0 Å². The largest absolute Gasteiger partial charge is 0.324 e. The quantitative estimate of drug-likeness (QED) is 0.551. The Balaban J connectivity index is 1.38. The Morgan fingerprint density at radius 1 is 1.00 bits per heavy atom. The predicted octanol–water partition coefficient (Wildman–Crippen LogP) is 1.42. The van der Waals surface area contributed by atoms with Crippen molar-refractivity contribution in [2.24, 2.45) is 0 Å². The van der Waals surface area contributed by atoms with Crippen LogP contribution in [-0.2, 0) is 14.8 Å². The molecule has 164 valence electrons. The molecule has 1 aromatic heterocycles. The summed E-state index contributed by atoms with van der Waals surface area (Å²) in [5, 5.41) is 2.97. The van der Waals surface area contributed by atoms with E-state index in [0.717, 1.165) is 16.8 Å². The number of hydrogen-bond acceptors (Lipinski definition) is 5. The van der Waals surface area contributed by atoms with Gasteiger partial charge in [0.05, 0.1) is 22.5 Å². The Bertz CT molecular complexity index is 1270. The maximum atomic E-state index is 13.0. The lowest BCUT2D eigenvalue weighted by Crippen LogP contribution is -2.50. The van der Waals surface area contributed by atoms with Crippen LogP contribution in [-0.4, -0.2) is 66.2 Å². The van der Waals surface area contributed by atoms with E-state index >= 15 is 0 Å². The van der Waals surface area contributed by atoms with E-state index in [-0.39, 0.29) is 23.0 Å². The molecule has 9 nitrogen and oxygen atoms in total. The van der Waals surface area contributed by atoms with Gasteiger partial charge >= 0.3 is 5.69 Å². The van der Waals surface area contributed by atoms with Crippen molar-refractivity contribution in [1.82, 2.24) is 19.2 Å². The summed E-state index contributed by atoms with van der Waals surface area (Å²) in [7, 11) is -3.69.